The Kier molecular flexibility index (Phi) is 7.47. The van der Waals surface area contributed by atoms with Crippen LogP contribution in [0, 0.1) is 0 Å². The first kappa shape index (κ1) is 23.4. The van der Waals surface area contributed by atoms with E-state index in [0.29, 0.717) is 11.4 Å². The molecular weight excluding hydrogens is 415 g/mol. The van der Waals surface area contributed by atoms with Gasteiger partial charge in [-0.1, -0.05) is 24.6 Å². The number of hydrogen-bond acceptors (Lipinski definition) is 4. The van der Waals surface area contributed by atoms with Crippen molar-refractivity contribution in [2.75, 3.05) is 23.9 Å². The van der Waals surface area contributed by atoms with Crippen molar-refractivity contribution in [3.8, 4) is 0 Å². The highest BCUT2D eigenvalue weighted by Gasteiger charge is 2.38. The Bertz CT molecular complexity index is 895. The van der Waals surface area contributed by atoms with E-state index in [1.807, 2.05) is 24.3 Å². The molecule has 1 aliphatic heterocycles. The van der Waals surface area contributed by atoms with Crippen LogP contribution in [0.25, 0.3) is 0 Å². The van der Waals surface area contributed by atoms with Gasteiger partial charge >= 0.3 is 5.97 Å². The fourth-order valence-corrected chi connectivity index (χ4v) is 4.52. The summed E-state index contributed by atoms with van der Waals surface area (Å²) in [5, 5.41) is 4.17. The van der Waals surface area contributed by atoms with Crippen LogP contribution >= 0.6 is 11.6 Å². The Morgan fingerprint density at radius 3 is 2.61 bits per heavy atom. The maximum absolute atomic E-state index is 14.9. The molecule has 0 bridgehead atoms. The number of hydrogen-bond donors (Lipinski definition) is 1. The van der Waals surface area contributed by atoms with Gasteiger partial charge in [0.15, 0.2) is 0 Å². The zero-order chi connectivity index (χ0) is 22.6. The third-order valence-corrected chi connectivity index (χ3v) is 6.36. The second-order valence-electron chi connectivity index (χ2n) is 8.71. The van der Waals surface area contributed by atoms with E-state index in [1.165, 1.54) is 7.11 Å². The van der Waals surface area contributed by atoms with Crippen molar-refractivity contribution in [2.45, 2.75) is 64.1 Å². The molecule has 1 saturated heterocycles. The third-order valence-electron chi connectivity index (χ3n) is 6.10. The maximum atomic E-state index is 14.9. The first-order chi connectivity index (χ1) is 14.7. The van der Waals surface area contributed by atoms with Crippen LogP contribution in [0.5, 0.6) is 0 Å². The van der Waals surface area contributed by atoms with E-state index in [-0.39, 0.29) is 17.9 Å². The lowest BCUT2D eigenvalue weighted by Gasteiger charge is -2.35. The number of halogens is 2. The predicted octanol–water partition coefficient (Wildman–Crippen LogP) is 6.86. The van der Waals surface area contributed by atoms with Crippen molar-refractivity contribution in [1.29, 1.82) is 0 Å². The summed E-state index contributed by atoms with van der Waals surface area (Å²) in [5.74, 6) is -0.166. The molecule has 0 spiro atoms. The van der Waals surface area contributed by atoms with Crippen LogP contribution in [0.3, 0.4) is 0 Å². The monoisotopic (exact) mass is 446 g/mol. The molecule has 2 aromatic carbocycles. The largest absolute Gasteiger partial charge is 0.469 e. The number of ether oxygens (including phenoxy) is 1. The standard InChI is InChI=1S/C25H32ClFN2O2/c1-5-17(16-24(30)31-4)18-8-13-22(29-14-6-7-23(29)25(2,3)27)21(15-18)28-20-11-9-19(26)10-12-20/h8-13,15,17,23,28H,5-7,14,16H2,1-4H3. The van der Waals surface area contributed by atoms with Gasteiger partial charge in [0.05, 0.1) is 30.9 Å². The Hall–Kier alpha value is -2.27. The minimum atomic E-state index is -1.30. The summed E-state index contributed by atoms with van der Waals surface area (Å²) < 4.78 is 19.8. The summed E-state index contributed by atoms with van der Waals surface area (Å²) in [6.07, 6.45) is 2.93. The average Bonchev–Trinajstić information content (AvgIpc) is 3.23. The molecule has 31 heavy (non-hydrogen) atoms. The summed E-state index contributed by atoms with van der Waals surface area (Å²) in [4.78, 5) is 14.1. The van der Waals surface area contributed by atoms with E-state index in [2.05, 4.69) is 35.3 Å². The van der Waals surface area contributed by atoms with Crippen LogP contribution in [0.15, 0.2) is 42.5 Å². The molecule has 2 unspecified atom stereocenters. The van der Waals surface area contributed by atoms with E-state index in [0.717, 1.165) is 48.4 Å². The lowest BCUT2D eigenvalue weighted by Crippen LogP contribution is -2.43. The highest BCUT2D eigenvalue weighted by molar-refractivity contribution is 6.30. The second-order valence-corrected chi connectivity index (χ2v) is 9.15. The molecule has 1 N–H and O–H groups in total. The number of benzene rings is 2. The molecule has 1 fully saturated rings. The molecule has 4 nitrogen and oxygen atoms in total. The van der Waals surface area contributed by atoms with E-state index in [4.69, 9.17) is 16.3 Å². The molecule has 168 valence electrons. The van der Waals surface area contributed by atoms with Gasteiger partial charge in [-0.2, -0.15) is 0 Å². The van der Waals surface area contributed by atoms with Crippen LogP contribution in [-0.2, 0) is 9.53 Å². The van der Waals surface area contributed by atoms with Crippen molar-refractivity contribution < 1.29 is 13.9 Å². The number of carbonyl (C=O) groups is 1. The molecule has 0 aliphatic carbocycles. The number of esters is 1. The van der Waals surface area contributed by atoms with Gasteiger partial charge in [0.2, 0.25) is 0 Å². The Balaban J connectivity index is 2.01. The molecule has 6 heteroatoms. The Morgan fingerprint density at radius 2 is 2.00 bits per heavy atom. The van der Waals surface area contributed by atoms with Gasteiger partial charge < -0.3 is 15.0 Å². The fourth-order valence-electron chi connectivity index (χ4n) is 4.40. The lowest BCUT2D eigenvalue weighted by molar-refractivity contribution is -0.141. The number of rotatable bonds is 8. The summed E-state index contributed by atoms with van der Waals surface area (Å²) in [7, 11) is 1.41. The SMILES string of the molecule is CCC(CC(=O)OC)c1ccc(N2CCCC2C(C)(C)F)c(Nc2ccc(Cl)cc2)c1. The highest BCUT2D eigenvalue weighted by Crippen LogP contribution is 2.40. The van der Waals surface area contributed by atoms with Crippen LogP contribution in [0.2, 0.25) is 5.02 Å². The van der Waals surface area contributed by atoms with Crippen molar-refractivity contribution in [3.63, 3.8) is 0 Å². The zero-order valence-electron chi connectivity index (χ0n) is 18.8. The summed E-state index contributed by atoms with van der Waals surface area (Å²) >= 11 is 6.05. The van der Waals surface area contributed by atoms with Gasteiger partial charge in [-0.15, -0.1) is 0 Å². The smallest absolute Gasteiger partial charge is 0.306 e. The number of nitrogens with zero attached hydrogens (tertiary/aromatic N) is 1. The number of nitrogens with one attached hydrogen (secondary N) is 1. The molecular formula is C25H32ClFN2O2. The van der Waals surface area contributed by atoms with Crippen LogP contribution in [0.4, 0.5) is 21.5 Å². The number of anilines is 3. The van der Waals surface area contributed by atoms with E-state index in [9.17, 15) is 9.18 Å². The number of carbonyl (C=O) groups excluding carboxylic acids is 1. The molecule has 2 aromatic rings. The van der Waals surface area contributed by atoms with E-state index < -0.39 is 5.67 Å². The fraction of sp³-hybridized carbons (Fsp3) is 0.480. The van der Waals surface area contributed by atoms with E-state index in [1.54, 1.807) is 13.8 Å². The Morgan fingerprint density at radius 1 is 1.29 bits per heavy atom. The number of methoxy groups -OCH3 is 1. The lowest BCUT2D eigenvalue weighted by atomic mass is 9.92. The van der Waals surface area contributed by atoms with Gasteiger partial charge in [-0.3, -0.25) is 4.79 Å². The van der Waals surface area contributed by atoms with Crippen LogP contribution in [0.1, 0.15) is 57.9 Å². The van der Waals surface area contributed by atoms with Crippen molar-refractivity contribution in [2.24, 2.45) is 0 Å². The highest BCUT2D eigenvalue weighted by atomic mass is 35.5. The molecule has 3 rings (SSSR count). The number of alkyl halides is 1. The normalized spacial score (nSPS) is 17.5. The van der Waals surface area contributed by atoms with Gasteiger partial charge in [-0.05, 0) is 81.0 Å². The topological polar surface area (TPSA) is 41.6 Å². The molecule has 1 aliphatic rings. The quantitative estimate of drug-likeness (QED) is 0.450. The predicted molar refractivity (Wildman–Crippen MR) is 126 cm³/mol. The molecule has 1 heterocycles. The molecule has 0 radical (unpaired) electrons. The summed E-state index contributed by atoms with van der Waals surface area (Å²) in [6.45, 7) is 6.18. The molecule has 0 amide bonds. The van der Waals surface area contributed by atoms with Gasteiger partial charge in [-0.25, -0.2) is 4.39 Å². The van der Waals surface area contributed by atoms with Gasteiger partial charge in [0, 0.05) is 17.3 Å². The summed E-state index contributed by atoms with van der Waals surface area (Å²) in [6, 6.07) is 13.5. The minimum Gasteiger partial charge on any atom is -0.469 e. The first-order valence-corrected chi connectivity index (χ1v) is 11.3. The Labute approximate surface area is 189 Å². The zero-order valence-corrected chi connectivity index (χ0v) is 19.5. The van der Waals surface area contributed by atoms with E-state index >= 15 is 0 Å². The molecule has 2 atom stereocenters. The molecule has 0 aromatic heterocycles. The van der Waals surface area contributed by atoms with Crippen LogP contribution < -0.4 is 10.2 Å². The second kappa shape index (κ2) is 9.90. The first-order valence-electron chi connectivity index (χ1n) is 10.9. The van der Waals surface area contributed by atoms with Gasteiger partial charge in [0.1, 0.15) is 5.67 Å². The van der Waals surface area contributed by atoms with Crippen LogP contribution in [-0.4, -0.2) is 31.3 Å². The van der Waals surface area contributed by atoms with Crippen molar-refractivity contribution in [3.05, 3.63) is 53.1 Å². The van der Waals surface area contributed by atoms with Crippen molar-refractivity contribution in [1.82, 2.24) is 0 Å². The summed E-state index contributed by atoms with van der Waals surface area (Å²) in [5.41, 5.74) is 2.53. The maximum Gasteiger partial charge on any atom is 0.306 e. The molecule has 0 saturated carbocycles. The third kappa shape index (κ3) is 5.70. The van der Waals surface area contributed by atoms with Crippen molar-refractivity contribution >= 4 is 34.6 Å². The minimum absolute atomic E-state index is 0.0549. The average molecular weight is 447 g/mol. The van der Waals surface area contributed by atoms with Gasteiger partial charge in [0.25, 0.3) is 0 Å².